The van der Waals surface area contributed by atoms with E-state index in [0.29, 0.717) is 12.2 Å². The zero-order valence-corrected chi connectivity index (χ0v) is 10.00. The Hall–Kier alpha value is -1.82. The Morgan fingerprint density at radius 2 is 2.22 bits per heavy atom. The lowest BCUT2D eigenvalue weighted by molar-refractivity contribution is -0.141. The van der Waals surface area contributed by atoms with Gasteiger partial charge >= 0.3 is 5.97 Å². The van der Waals surface area contributed by atoms with Crippen LogP contribution in [0.4, 0.5) is 0 Å². The molecule has 1 aliphatic heterocycles. The Morgan fingerprint density at radius 1 is 1.50 bits per heavy atom. The molecule has 6 heteroatoms. The van der Waals surface area contributed by atoms with Crippen LogP contribution < -0.4 is 0 Å². The van der Waals surface area contributed by atoms with Gasteiger partial charge in [0, 0.05) is 19.4 Å². The molecule has 2 rings (SSSR count). The Morgan fingerprint density at radius 3 is 2.78 bits per heavy atom. The molecule has 2 N–H and O–H groups in total. The fourth-order valence-corrected chi connectivity index (χ4v) is 2.10. The van der Waals surface area contributed by atoms with Gasteiger partial charge in [0.1, 0.15) is 11.8 Å². The number of aliphatic hydroxyl groups excluding tert-OH is 1. The second-order valence-corrected chi connectivity index (χ2v) is 4.32. The summed E-state index contributed by atoms with van der Waals surface area (Å²) < 4.78 is 5.30. The molecule has 98 valence electrons. The third-order valence-corrected chi connectivity index (χ3v) is 3.05. The molecule has 0 bridgehead atoms. The van der Waals surface area contributed by atoms with Crippen molar-refractivity contribution in [2.45, 2.75) is 31.9 Å². The third-order valence-electron chi connectivity index (χ3n) is 3.05. The van der Waals surface area contributed by atoms with Crippen molar-refractivity contribution in [3.8, 4) is 0 Å². The molecule has 0 spiro atoms. The average molecular weight is 253 g/mol. The highest BCUT2D eigenvalue weighted by atomic mass is 16.4. The molecule has 2 atom stereocenters. The molecule has 6 nitrogen and oxygen atoms in total. The molecule has 0 radical (unpaired) electrons. The summed E-state index contributed by atoms with van der Waals surface area (Å²) in [5.41, 5.74) is 0. The van der Waals surface area contributed by atoms with Crippen molar-refractivity contribution >= 4 is 11.9 Å². The molecule has 1 aromatic rings. The number of hydrogen-bond acceptors (Lipinski definition) is 4. The number of amides is 1. The van der Waals surface area contributed by atoms with Gasteiger partial charge in [-0.2, -0.15) is 0 Å². The number of carboxylic acids is 1. The van der Waals surface area contributed by atoms with E-state index in [0.717, 1.165) is 4.90 Å². The van der Waals surface area contributed by atoms with Crippen LogP contribution in [0.5, 0.6) is 0 Å². The summed E-state index contributed by atoms with van der Waals surface area (Å²) in [4.78, 5) is 24.3. The van der Waals surface area contributed by atoms with Crippen LogP contribution in [0.15, 0.2) is 16.5 Å². The highest BCUT2D eigenvalue weighted by molar-refractivity contribution is 5.94. The summed E-state index contributed by atoms with van der Waals surface area (Å²) in [6.45, 7) is 1.92. The van der Waals surface area contributed by atoms with Crippen LogP contribution in [-0.4, -0.2) is 45.7 Å². The number of rotatable bonds is 3. The number of β-amino-alcohol motifs (C(OH)–C–C–N with tert-alkyl or cyclic N) is 1. The SMILES string of the molecule is CCc1ccc(C(=O)N2CC(O)CC2C(=O)O)o1. The molecule has 0 saturated carbocycles. The first-order valence-corrected chi connectivity index (χ1v) is 5.83. The van der Waals surface area contributed by atoms with E-state index in [4.69, 9.17) is 9.52 Å². The van der Waals surface area contributed by atoms with E-state index in [1.54, 1.807) is 6.07 Å². The smallest absolute Gasteiger partial charge is 0.326 e. The van der Waals surface area contributed by atoms with Gasteiger partial charge < -0.3 is 19.5 Å². The molecule has 1 fully saturated rings. The summed E-state index contributed by atoms with van der Waals surface area (Å²) >= 11 is 0. The second-order valence-electron chi connectivity index (χ2n) is 4.32. The van der Waals surface area contributed by atoms with Gasteiger partial charge in [0.25, 0.3) is 5.91 Å². The summed E-state index contributed by atoms with van der Waals surface area (Å²) in [6.07, 6.45) is -0.0728. The molecule has 1 amide bonds. The van der Waals surface area contributed by atoms with Gasteiger partial charge in [-0.1, -0.05) is 6.92 Å². The number of furan rings is 1. The minimum atomic E-state index is -1.11. The molecule has 1 saturated heterocycles. The standard InChI is InChI=1S/C12H15NO5/c1-2-8-3-4-10(18-8)11(15)13-6-7(14)5-9(13)12(16)17/h3-4,7,9,14H,2,5-6H2,1H3,(H,16,17). The maximum absolute atomic E-state index is 12.1. The number of aryl methyl sites for hydroxylation is 1. The van der Waals surface area contributed by atoms with Crippen LogP contribution in [0.3, 0.4) is 0 Å². The Labute approximate surface area is 104 Å². The van der Waals surface area contributed by atoms with Crippen LogP contribution in [0.2, 0.25) is 0 Å². The fourth-order valence-electron chi connectivity index (χ4n) is 2.10. The molecular formula is C12H15NO5. The van der Waals surface area contributed by atoms with Crippen LogP contribution in [0.1, 0.15) is 29.7 Å². The van der Waals surface area contributed by atoms with Crippen molar-refractivity contribution in [1.29, 1.82) is 0 Å². The molecule has 0 aliphatic carbocycles. The first kappa shape index (κ1) is 12.6. The van der Waals surface area contributed by atoms with Gasteiger partial charge in [-0.05, 0) is 12.1 Å². The highest BCUT2D eigenvalue weighted by Gasteiger charge is 2.40. The monoisotopic (exact) mass is 253 g/mol. The zero-order valence-electron chi connectivity index (χ0n) is 10.00. The molecular weight excluding hydrogens is 238 g/mol. The van der Waals surface area contributed by atoms with Gasteiger partial charge in [-0.3, -0.25) is 4.79 Å². The van der Waals surface area contributed by atoms with Crippen LogP contribution >= 0.6 is 0 Å². The largest absolute Gasteiger partial charge is 0.480 e. The Bertz CT molecular complexity index is 467. The van der Waals surface area contributed by atoms with Gasteiger partial charge in [0.05, 0.1) is 6.10 Å². The maximum Gasteiger partial charge on any atom is 0.326 e. The quantitative estimate of drug-likeness (QED) is 0.818. The number of aliphatic carboxylic acids is 1. The van der Waals surface area contributed by atoms with Crippen molar-refractivity contribution in [2.75, 3.05) is 6.54 Å². The number of carboxylic acid groups (broad SMARTS) is 1. The summed E-state index contributed by atoms with van der Waals surface area (Å²) in [5, 5.41) is 18.5. The predicted octanol–water partition coefficient (Wildman–Crippen LogP) is 0.502. The van der Waals surface area contributed by atoms with Crippen LogP contribution in [0, 0.1) is 0 Å². The summed E-state index contributed by atoms with van der Waals surface area (Å²) in [7, 11) is 0. The molecule has 2 unspecified atom stereocenters. The molecule has 2 heterocycles. The van der Waals surface area contributed by atoms with Crippen molar-refractivity contribution in [1.82, 2.24) is 4.90 Å². The number of carbonyl (C=O) groups is 2. The minimum absolute atomic E-state index is 0.0258. The van der Waals surface area contributed by atoms with E-state index in [-0.39, 0.29) is 18.7 Å². The zero-order chi connectivity index (χ0) is 13.3. The molecule has 0 aromatic carbocycles. The lowest BCUT2D eigenvalue weighted by Crippen LogP contribution is -2.40. The van der Waals surface area contributed by atoms with E-state index in [9.17, 15) is 14.7 Å². The second kappa shape index (κ2) is 4.81. The first-order chi connectivity index (χ1) is 8.52. The van der Waals surface area contributed by atoms with Crippen LogP contribution in [0.25, 0.3) is 0 Å². The maximum atomic E-state index is 12.1. The predicted molar refractivity (Wildman–Crippen MR) is 61.2 cm³/mol. The normalized spacial score (nSPS) is 23.3. The highest BCUT2D eigenvalue weighted by Crippen LogP contribution is 2.22. The fraction of sp³-hybridized carbons (Fsp3) is 0.500. The summed E-state index contributed by atoms with van der Waals surface area (Å²) in [6, 6.07) is 2.24. The van der Waals surface area contributed by atoms with Crippen molar-refractivity contribution < 1.29 is 24.2 Å². The number of likely N-dealkylation sites (tertiary alicyclic amines) is 1. The van der Waals surface area contributed by atoms with Gasteiger partial charge in [0.15, 0.2) is 5.76 Å². The third kappa shape index (κ3) is 2.24. The van der Waals surface area contributed by atoms with Crippen molar-refractivity contribution in [3.63, 3.8) is 0 Å². The first-order valence-electron chi connectivity index (χ1n) is 5.83. The molecule has 18 heavy (non-hydrogen) atoms. The topological polar surface area (TPSA) is 91.0 Å². The van der Waals surface area contributed by atoms with E-state index in [1.165, 1.54) is 6.07 Å². The van der Waals surface area contributed by atoms with Gasteiger partial charge in [-0.15, -0.1) is 0 Å². The number of carbonyl (C=O) groups excluding carboxylic acids is 1. The number of nitrogens with zero attached hydrogens (tertiary/aromatic N) is 1. The molecule has 1 aliphatic rings. The van der Waals surface area contributed by atoms with E-state index in [1.807, 2.05) is 6.92 Å². The van der Waals surface area contributed by atoms with Crippen LogP contribution in [-0.2, 0) is 11.2 Å². The van der Waals surface area contributed by atoms with Crippen molar-refractivity contribution in [3.05, 3.63) is 23.7 Å². The van der Waals surface area contributed by atoms with E-state index >= 15 is 0 Å². The van der Waals surface area contributed by atoms with Gasteiger partial charge in [-0.25, -0.2) is 4.79 Å². The summed E-state index contributed by atoms with van der Waals surface area (Å²) in [5.74, 6) is -0.807. The Kier molecular flexibility index (Phi) is 3.38. The van der Waals surface area contributed by atoms with Crippen molar-refractivity contribution in [2.24, 2.45) is 0 Å². The van der Waals surface area contributed by atoms with Gasteiger partial charge in [0.2, 0.25) is 0 Å². The lowest BCUT2D eigenvalue weighted by atomic mass is 10.2. The Balaban J connectivity index is 2.19. The average Bonchev–Trinajstić information content (AvgIpc) is 2.94. The lowest BCUT2D eigenvalue weighted by Gasteiger charge is -2.19. The number of aliphatic hydroxyl groups is 1. The van der Waals surface area contributed by atoms with E-state index in [2.05, 4.69) is 0 Å². The minimum Gasteiger partial charge on any atom is -0.480 e. The molecule has 1 aromatic heterocycles. The van der Waals surface area contributed by atoms with E-state index < -0.39 is 24.0 Å². The number of hydrogen-bond donors (Lipinski definition) is 2.